The topological polar surface area (TPSA) is 35.9 Å². The first-order chi connectivity index (χ1) is 28.8. The van der Waals surface area contributed by atoms with Crippen LogP contribution >= 0.6 is 0 Å². The number of benzene rings is 8. The molecule has 4 aromatic heterocycles. The van der Waals surface area contributed by atoms with Gasteiger partial charge in [-0.1, -0.05) is 133 Å². The van der Waals surface area contributed by atoms with Crippen molar-refractivity contribution in [1.82, 2.24) is 14.1 Å². The number of pyridine rings is 1. The van der Waals surface area contributed by atoms with Gasteiger partial charge in [-0.2, -0.15) is 0 Å². The minimum absolute atomic E-state index is 0.892. The molecule has 0 radical (unpaired) electrons. The Labute approximate surface area is 335 Å². The van der Waals surface area contributed by atoms with Gasteiger partial charge in [-0.15, -0.1) is 0 Å². The minimum atomic E-state index is -3.01. The number of furan rings is 1. The summed E-state index contributed by atoms with van der Waals surface area (Å²) in [5.41, 5.74) is 8.74. The predicted octanol–water partition coefficient (Wildman–Crippen LogP) is 10.6. The maximum Gasteiger partial charge on any atom is 0.201 e. The number of fused-ring (bicyclic) bond motifs is 10. The van der Waals surface area contributed by atoms with Gasteiger partial charge in [-0.05, 0) is 88.4 Å². The monoisotopic (exact) mass is 757 g/mol. The Morgan fingerprint density at radius 3 is 1.67 bits per heavy atom. The Balaban J connectivity index is 1.12. The van der Waals surface area contributed by atoms with Crippen molar-refractivity contribution in [1.29, 1.82) is 0 Å². The van der Waals surface area contributed by atoms with Crippen LogP contribution in [0.1, 0.15) is 0 Å². The third-order valence-corrected chi connectivity index (χ3v) is 16.7. The zero-order chi connectivity index (χ0) is 38.2. The van der Waals surface area contributed by atoms with Crippen LogP contribution in [-0.4, -0.2) is 22.2 Å². The molecule has 0 aliphatic carbocycles. The Hall–Kier alpha value is -7.47. The summed E-state index contributed by atoms with van der Waals surface area (Å²) in [7, 11) is -3.01. The largest absolute Gasteiger partial charge is 0.456 e. The van der Waals surface area contributed by atoms with Gasteiger partial charge in [-0.3, -0.25) is 4.98 Å². The Morgan fingerprint density at radius 1 is 0.379 bits per heavy atom. The van der Waals surface area contributed by atoms with Gasteiger partial charge in [0.2, 0.25) is 8.07 Å². The molecule has 1 unspecified atom stereocenters. The van der Waals surface area contributed by atoms with Crippen LogP contribution in [0.15, 0.2) is 217 Å². The zero-order valence-electron chi connectivity index (χ0n) is 31.5. The zero-order valence-corrected chi connectivity index (χ0v) is 32.5. The minimum Gasteiger partial charge on any atom is -0.456 e. The van der Waals surface area contributed by atoms with Crippen LogP contribution in [0.5, 0.6) is 0 Å². The summed E-state index contributed by atoms with van der Waals surface area (Å²) in [5.74, 6) is 0. The maximum absolute atomic E-state index is 6.43. The van der Waals surface area contributed by atoms with Crippen molar-refractivity contribution >= 4 is 94.5 Å². The Morgan fingerprint density at radius 2 is 0.966 bits per heavy atom. The molecule has 0 saturated carbocycles. The molecule has 0 aliphatic rings. The average molecular weight is 758 g/mol. The number of aromatic nitrogens is 3. The molecule has 0 fully saturated rings. The van der Waals surface area contributed by atoms with E-state index in [2.05, 4.69) is 203 Å². The summed E-state index contributed by atoms with van der Waals surface area (Å²) in [6, 6.07) is 74.9. The highest BCUT2D eigenvalue weighted by atomic mass is 28.3. The van der Waals surface area contributed by atoms with Crippen LogP contribution in [0.4, 0.5) is 0 Å². The number of hydrogen-bond donors (Lipinski definition) is 0. The first-order valence-electron chi connectivity index (χ1n) is 19.8. The smallest absolute Gasteiger partial charge is 0.201 e. The van der Waals surface area contributed by atoms with E-state index in [9.17, 15) is 0 Å². The molecule has 0 bridgehead atoms. The summed E-state index contributed by atoms with van der Waals surface area (Å²) in [6.07, 6.45) is 1.95. The Kier molecular flexibility index (Phi) is 7.21. The van der Waals surface area contributed by atoms with Crippen LogP contribution in [0.3, 0.4) is 0 Å². The molecule has 4 nitrogen and oxygen atoms in total. The highest BCUT2D eigenvalue weighted by Crippen LogP contribution is 2.40. The fourth-order valence-corrected chi connectivity index (χ4v) is 14.3. The number of hydrogen-bond acceptors (Lipinski definition) is 2. The van der Waals surface area contributed by atoms with E-state index in [4.69, 9.17) is 9.40 Å². The van der Waals surface area contributed by atoms with Crippen molar-refractivity contribution in [2.24, 2.45) is 0 Å². The van der Waals surface area contributed by atoms with Gasteiger partial charge < -0.3 is 13.6 Å². The lowest BCUT2D eigenvalue weighted by Gasteiger charge is -2.33. The van der Waals surface area contributed by atoms with Crippen molar-refractivity contribution in [3.8, 4) is 11.4 Å². The van der Waals surface area contributed by atoms with Gasteiger partial charge >= 0.3 is 0 Å². The second-order valence-corrected chi connectivity index (χ2v) is 18.8. The van der Waals surface area contributed by atoms with Crippen molar-refractivity contribution < 1.29 is 4.42 Å². The van der Waals surface area contributed by atoms with Gasteiger partial charge in [0.05, 0.1) is 27.5 Å². The van der Waals surface area contributed by atoms with E-state index in [1.54, 1.807) is 0 Å². The van der Waals surface area contributed by atoms with Crippen LogP contribution < -0.4 is 20.9 Å². The van der Waals surface area contributed by atoms with Crippen molar-refractivity contribution in [2.75, 3.05) is 0 Å². The molecule has 5 heteroatoms. The predicted molar refractivity (Wildman–Crippen MR) is 244 cm³/mol. The first kappa shape index (κ1) is 32.7. The summed E-state index contributed by atoms with van der Waals surface area (Å²) < 4.78 is 11.3. The lowest BCUT2D eigenvalue weighted by Crippen LogP contribution is -2.75. The van der Waals surface area contributed by atoms with E-state index >= 15 is 0 Å². The van der Waals surface area contributed by atoms with Crippen LogP contribution in [-0.2, 0) is 0 Å². The highest BCUT2D eigenvalue weighted by molar-refractivity contribution is 7.19. The average Bonchev–Trinajstić information content (AvgIpc) is 3.96. The molecule has 0 amide bonds. The molecule has 0 spiro atoms. The van der Waals surface area contributed by atoms with E-state index in [1.807, 2.05) is 18.3 Å². The number of rotatable bonds is 6. The summed E-state index contributed by atoms with van der Waals surface area (Å²) in [4.78, 5) is 5.22. The van der Waals surface area contributed by atoms with Gasteiger partial charge in [0.1, 0.15) is 11.2 Å². The van der Waals surface area contributed by atoms with Crippen molar-refractivity contribution in [3.63, 3.8) is 0 Å². The normalized spacial score (nSPS) is 13.0. The molecule has 12 aromatic rings. The molecule has 1 atom stereocenters. The molecule has 8 aromatic carbocycles. The van der Waals surface area contributed by atoms with Crippen molar-refractivity contribution in [3.05, 3.63) is 212 Å². The van der Waals surface area contributed by atoms with Gasteiger partial charge in [0.25, 0.3) is 0 Å². The molecule has 12 rings (SSSR count). The molecule has 0 aliphatic heterocycles. The quantitative estimate of drug-likeness (QED) is 0.125. The van der Waals surface area contributed by atoms with E-state index in [0.717, 1.165) is 44.1 Å². The van der Waals surface area contributed by atoms with Crippen molar-refractivity contribution in [2.45, 2.75) is 0 Å². The van der Waals surface area contributed by atoms with Crippen LogP contribution in [0.25, 0.3) is 76.9 Å². The van der Waals surface area contributed by atoms with E-state index < -0.39 is 8.07 Å². The van der Waals surface area contributed by atoms with Crippen LogP contribution in [0, 0.1) is 0 Å². The van der Waals surface area contributed by atoms with E-state index in [-0.39, 0.29) is 0 Å². The second kappa shape index (κ2) is 12.8. The summed E-state index contributed by atoms with van der Waals surface area (Å²) in [6.45, 7) is 0. The molecular weight excluding hydrogens is 723 g/mol. The maximum atomic E-state index is 6.43. The second-order valence-electron chi connectivity index (χ2n) is 15.1. The third kappa shape index (κ3) is 4.65. The molecular formula is C53H35N3OSi. The number of para-hydroxylation sites is 4. The molecule has 0 saturated heterocycles. The first-order valence-corrected chi connectivity index (χ1v) is 21.8. The lowest BCUT2D eigenvalue weighted by molar-refractivity contribution is 0.669. The fraction of sp³-hybridized carbons (Fsp3) is 0. The molecule has 0 N–H and O–H groups in total. The van der Waals surface area contributed by atoms with Gasteiger partial charge in [0.15, 0.2) is 0 Å². The van der Waals surface area contributed by atoms with Crippen LogP contribution in [0.2, 0.25) is 0 Å². The van der Waals surface area contributed by atoms with E-state index in [1.165, 1.54) is 53.7 Å². The SMILES string of the molecule is c1ccc([Si](c2ccc(-n3c4ccccc4c4ccc5oc6ccccc6c5c43)cc2)(c2cccc(-n3c4ccccc4c4ccccc43)c2)c2ccccn2)cc1. The fourth-order valence-electron chi connectivity index (χ4n) is 9.69. The highest BCUT2D eigenvalue weighted by Gasteiger charge is 2.43. The Bertz CT molecular complexity index is 3420. The van der Waals surface area contributed by atoms with E-state index in [0.29, 0.717) is 0 Å². The lowest BCUT2D eigenvalue weighted by atomic mass is 10.1. The van der Waals surface area contributed by atoms with Gasteiger partial charge in [-0.25, -0.2) is 0 Å². The third-order valence-electron chi connectivity index (χ3n) is 12.1. The molecule has 272 valence electrons. The molecule has 58 heavy (non-hydrogen) atoms. The molecule has 4 heterocycles. The number of nitrogens with zero attached hydrogens (tertiary/aromatic N) is 3. The standard InChI is InChI=1S/C53H35N3OSi/c1-2-16-38(17-3-1)58(51-27-12-13-34-54-51,40-18-14-15-37(35-40)55-46-23-8-4-19-41(46)42-20-5-9-24-47(42)55)39-30-28-36(29-31-39)56-48-25-10-6-21-43(48)44-32-33-50-52(53(44)56)45-22-7-11-26-49(45)57-50/h1-35H. The van der Waals surface area contributed by atoms with Gasteiger partial charge in [0, 0.05) is 49.8 Å². The summed E-state index contributed by atoms with van der Waals surface area (Å²) in [5, 5.41) is 12.1. The summed E-state index contributed by atoms with van der Waals surface area (Å²) >= 11 is 0.